The summed E-state index contributed by atoms with van der Waals surface area (Å²) in [5, 5.41) is 2.46. The predicted octanol–water partition coefficient (Wildman–Crippen LogP) is 12.7. The lowest BCUT2D eigenvalue weighted by Gasteiger charge is -2.45. The van der Waals surface area contributed by atoms with Gasteiger partial charge in [0, 0.05) is 44.8 Å². The average Bonchev–Trinajstić information content (AvgIpc) is 3.55. The fraction of sp³-hybridized carbons (Fsp3) is 0.0204. The fourth-order valence-electron chi connectivity index (χ4n) is 8.69. The molecule has 1 aromatic heterocycles. The first-order valence-electron chi connectivity index (χ1n) is 17.8. The maximum Gasteiger partial charge on any atom is 0.134 e. The van der Waals surface area contributed by atoms with Gasteiger partial charge in [-0.1, -0.05) is 140 Å². The van der Waals surface area contributed by atoms with Gasteiger partial charge in [0.15, 0.2) is 0 Å². The van der Waals surface area contributed by atoms with E-state index in [4.69, 9.17) is 9.47 Å². The monoisotopic (exact) mass is 665 g/mol. The lowest BCUT2D eigenvalue weighted by atomic mass is 9.62. The van der Waals surface area contributed by atoms with E-state index in [0.29, 0.717) is 0 Å². The Bertz CT molecular complexity index is 2800. The molecule has 52 heavy (non-hydrogen) atoms. The quantitative estimate of drug-likeness (QED) is 0.187. The van der Waals surface area contributed by atoms with E-state index in [-0.39, 0.29) is 0 Å². The van der Waals surface area contributed by atoms with E-state index in [1.54, 1.807) is 0 Å². The number of ether oxygens (including phenoxy) is 2. The van der Waals surface area contributed by atoms with Gasteiger partial charge in [-0.2, -0.15) is 0 Å². The van der Waals surface area contributed by atoms with Gasteiger partial charge in [0.25, 0.3) is 0 Å². The largest absolute Gasteiger partial charge is 0.457 e. The second kappa shape index (κ2) is 11.1. The van der Waals surface area contributed by atoms with Crippen LogP contribution in [0.3, 0.4) is 0 Å². The van der Waals surface area contributed by atoms with Crippen LogP contribution in [0.5, 0.6) is 23.0 Å². The summed E-state index contributed by atoms with van der Waals surface area (Å²) in [4.78, 5) is 0. The van der Waals surface area contributed by atoms with E-state index >= 15 is 0 Å². The summed E-state index contributed by atoms with van der Waals surface area (Å²) in [6.07, 6.45) is 0. The number of benzene rings is 8. The number of nitrogens with zero attached hydrogens (tertiary/aromatic N) is 1. The molecule has 0 amide bonds. The number of hydrogen-bond acceptors (Lipinski definition) is 2. The highest BCUT2D eigenvalue weighted by molar-refractivity contribution is 6.09. The molecule has 3 heteroatoms. The van der Waals surface area contributed by atoms with E-state index < -0.39 is 5.41 Å². The van der Waals surface area contributed by atoms with Crippen molar-refractivity contribution < 1.29 is 9.47 Å². The van der Waals surface area contributed by atoms with Crippen LogP contribution in [-0.2, 0) is 5.41 Å². The standard InChI is InChI=1S/C49H31NO2/c1-2-13-32(14-3-1)33-15-12-16-34(29-33)35-25-27-41-47(30-35)51-45-23-10-6-19-39(45)49(41)40-20-7-11-24-46(40)52-48-31-36(26-28-42(48)49)50-43-21-8-4-17-37(43)38-18-5-9-22-44(38)50/h1-31H. The highest BCUT2D eigenvalue weighted by Gasteiger charge is 2.50. The SMILES string of the molecule is c1ccc(-c2cccc(-c3ccc4c(c3)Oc3ccccc3C43c4ccccc4Oc4cc(-n5c6ccccc6c6ccccc65)ccc43)c2)cc1. The number of rotatable bonds is 3. The summed E-state index contributed by atoms with van der Waals surface area (Å²) in [6.45, 7) is 0. The second-order valence-electron chi connectivity index (χ2n) is 13.7. The summed E-state index contributed by atoms with van der Waals surface area (Å²) in [5.74, 6) is 3.37. The number of aromatic nitrogens is 1. The zero-order valence-corrected chi connectivity index (χ0v) is 28.2. The minimum absolute atomic E-state index is 0.669. The molecule has 3 heterocycles. The van der Waals surface area contributed by atoms with E-state index in [2.05, 4.69) is 193 Å². The van der Waals surface area contributed by atoms with Crippen LogP contribution in [0.1, 0.15) is 22.3 Å². The van der Waals surface area contributed by atoms with Gasteiger partial charge in [0.2, 0.25) is 0 Å². The van der Waals surface area contributed by atoms with Crippen LogP contribution in [-0.4, -0.2) is 4.57 Å². The fourth-order valence-corrected chi connectivity index (χ4v) is 8.69. The normalized spacial score (nSPS) is 15.3. The number of fused-ring (bicyclic) bond motifs is 11. The Balaban J connectivity index is 1.14. The molecule has 0 N–H and O–H groups in total. The van der Waals surface area contributed by atoms with Crippen LogP contribution < -0.4 is 9.47 Å². The zero-order valence-electron chi connectivity index (χ0n) is 28.2. The first-order chi connectivity index (χ1) is 25.8. The molecule has 0 saturated heterocycles. The molecule has 1 unspecified atom stereocenters. The van der Waals surface area contributed by atoms with Gasteiger partial charge in [0.05, 0.1) is 16.4 Å². The highest BCUT2D eigenvalue weighted by atomic mass is 16.5. The molecular weight excluding hydrogens is 635 g/mol. The maximum absolute atomic E-state index is 6.89. The van der Waals surface area contributed by atoms with Crippen molar-refractivity contribution in [2.75, 3.05) is 0 Å². The molecule has 2 aliphatic heterocycles. The van der Waals surface area contributed by atoms with Gasteiger partial charge in [-0.3, -0.25) is 0 Å². The van der Waals surface area contributed by atoms with Gasteiger partial charge in [-0.25, -0.2) is 0 Å². The van der Waals surface area contributed by atoms with Gasteiger partial charge in [-0.05, 0) is 64.7 Å². The van der Waals surface area contributed by atoms with Gasteiger partial charge in [-0.15, -0.1) is 0 Å². The summed E-state index contributed by atoms with van der Waals surface area (Å²) in [5.41, 5.74) is 11.7. The van der Waals surface area contributed by atoms with Gasteiger partial charge < -0.3 is 14.0 Å². The lowest BCUT2D eigenvalue weighted by Crippen LogP contribution is -2.36. The van der Waals surface area contributed by atoms with Crippen molar-refractivity contribution in [3.8, 4) is 50.9 Å². The molecule has 0 fully saturated rings. The summed E-state index contributed by atoms with van der Waals surface area (Å²) in [6, 6.07) is 66.9. The lowest BCUT2D eigenvalue weighted by molar-refractivity contribution is 0.399. The molecule has 9 aromatic rings. The first-order valence-corrected chi connectivity index (χ1v) is 17.8. The minimum Gasteiger partial charge on any atom is -0.457 e. The van der Waals surface area contributed by atoms with Crippen molar-refractivity contribution in [1.82, 2.24) is 4.57 Å². The summed E-state index contributed by atoms with van der Waals surface area (Å²) >= 11 is 0. The van der Waals surface area contributed by atoms with Crippen molar-refractivity contribution in [1.29, 1.82) is 0 Å². The first kappa shape index (κ1) is 28.9. The Morgan fingerprint density at radius 3 is 1.48 bits per heavy atom. The van der Waals surface area contributed by atoms with Crippen molar-refractivity contribution in [3.63, 3.8) is 0 Å². The Hall–Kier alpha value is -6.84. The molecule has 0 bridgehead atoms. The number of para-hydroxylation sites is 4. The molecule has 0 aliphatic carbocycles. The van der Waals surface area contributed by atoms with E-state index in [1.165, 1.54) is 32.9 Å². The molecule has 244 valence electrons. The Kier molecular flexibility index (Phi) is 6.17. The zero-order chi connectivity index (χ0) is 34.2. The van der Waals surface area contributed by atoms with E-state index in [0.717, 1.165) is 62.1 Å². The molecule has 11 rings (SSSR count). The van der Waals surface area contributed by atoms with Crippen LogP contribution in [0.15, 0.2) is 188 Å². The smallest absolute Gasteiger partial charge is 0.134 e. The second-order valence-corrected chi connectivity index (χ2v) is 13.7. The molecule has 3 nitrogen and oxygen atoms in total. The van der Waals surface area contributed by atoms with E-state index in [9.17, 15) is 0 Å². The summed E-state index contributed by atoms with van der Waals surface area (Å²) in [7, 11) is 0. The van der Waals surface area contributed by atoms with Crippen molar-refractivity contribution in [2.24, 2.45) is 0 Å². The third-order valence-electron chi connectivity index (χ3n) is 10.9. The summed E-state index contributed by atoms with van der Waals surface area (Å²) < 4.78 is 16.1. The van der Waals surface area contributed by atoms with Gasteiger partial charge in [0.1, 0.15) is 23.0 Å². The third kappa shape index (κ3) is 4.08. The maximum atomic E-state index is 6.89. The molecule has 0 radical (unpaired) electrons. The van der Waals surface area contributed by atoms with Crippen LogP contribution in [0, 0.1) is 0 Å². The molecule has 2 aliphatic rings. The molecule has 1 atom stereocenters. The topological polar surface area (TPSA) is 23.4 Å². The van der Waals surface area contributed by atoms with Crippen LogP contribution >= 0.6 is 0 Å². The van der Waals surface area contributed by atoms with Crippen LogP contribution in [0.25, 0.3) is 49.7 Å². The van der Waals surface area contributed by atoms with Crippen LogP contribution in [0.2, 0.25) is 0 Å². The van der Waals surface area contributed by atoms with E-state index in [1.807, 2.05) is 0 Å². The Labute approximate surface area is 301 Å². The Morgan fingerprint density at radius 2 is 0.808 bits per heavy atom. The highest BCUT2D eigenvalue weighted by Crippen LogP contribution is 2.62. The third-order valence-corrected chi connectivity index (χ3v) is 10.9. The number of hydrogen-bond donors (Lipinski definition) is 0. The van der Waals surface area contributed by atoms with Gasteiger partial charge >= 0.3 is 0 Å². The molecular formula is C49H31NO2. The van der Waals surface area contributed by atoms with Crippen molar-refractivity contribution in [2.45, 2.75) is 5.41 Å². The molecule has 8 aromatic carbocycles. The molecule has 1 spiro atoms. The Morgan fingerprint density at radius 1 is 0.327 bits per heavy atom. The van der Waals surface area contributed by atoms with Crippen molar-refractivity contribution in [3.05, 3.63) is 210 Å². The average molecular weight is 666 g/mol. The molecule has 0 saturated carbocycles. The van der Waals surface area contributed by atoms with Crippen LogP contribution in [0.4, 0.5) is 0 Å². The predicted molar refractivity (Wildman–Crippen MR) is 210 cm³/mol. The minimum atomic E-state index is -0.669. The van der Waals surface area contributed by atoms with Crippen molar-refractivity contribution >= 4 is 21.8 Å².